The van der Waals surface area contributed by atoms with E-state index in [-0.39, 0.29) is 31.1 Å². The summed E-state index contributed by atoms with van der Waals surface area (Å²) in [6.45, 7) is 5.15. The summed E-state index contributed by atoms with van der Waals surface area (Å²) in [6, 6.07) is 4.53. The molecule has 1 aromatic carbocycles. The van der Waals surface area contributed by atoms with Crippen molar-refractivity contribution in [3.8, 4) is 11.4 Å². The van der Waals surface area contributed by atoms with Gasteiger partial charge in [-0.3, -0.25) is 9.59 Å². The van der Waals surface area contributed by atoms with Crippen molar-refractivity contribution < 1.29 is 23.6 Å². The van der Waals surface area contributed by atoms with E-state index in [0.29, 0.717) is 29.3 Å². The van der Waals surface area contributed by atoms with E-state index >= 15 is 0 Å². The number of carbonyl (C=O) groups is 2. The zero-order valence-electron chi connectivity index (χ0n) is 15.0. The molecule has 0 spiro atoms. The van der Waals surface area contributed by atoms with Gasteiger partial charge in [0.15, 0.2) is 0 Å². The van der Waals surface area contributed by atoms with Gasteiger partial charge in [0.25, 0.3) is 0 Å². The highest BCUT2D eigenvalue weighted by molar-refractivity contribution is 5.76. The molecule has 0 aliphatic rings. The molecule has 2 N–H and O–H groups in total. The fourth-order valence-electron chi connectivity index (χ4n) is 2.19. The van der Waals surface area contributed by atoms with E-state index in [1.165, 1.54) is 6.07 Å². The Hall–Kier alpha value is -2.77. The van der Waals surface area contributed by atoms with Crippen LogP contribution in [0.5, 0.6) is 0 Å². The molecule has 0 bridgehead atoms. The Bertz CT molecular complexity index is 801. The summed E-state index contributed by atoms with van der Waals surface area (Å²) < 4.78 is 18.4. The minimum absolute atomic E-state index is 0.150. The molecule has 2 aromatic rings. The predicted octanol–water partition coefficient (Wildman–Crippen LogP) is 2.73. The Balaban J connectivity index is 1.83. The highest BCUT2D eigenvalue weighted by Crippen LogP contribution is 2.20. The van der Waals surface area contributed by atoms with E-state index in [4.69, 9.17) is 9.63 Å². The largest absolute Gasteiger partial charge is 0.481 e. The van der Waals surface area contributed by atoms with Gasteiger partial charge in [-0.15, -0.1) is 0 Å². The van der Waals surface area contributed by atoms with Gasteiger partial charge >= 0.3 is 5.97 Å². The average molecular weight is 363 g/mol. The summed E-state index contributed by atoms with van der Waals surface area (Å²) >= 11 is 0. The van der Waals surface area contributed by atoms with E-state index in [1.54, 1.807) is 32.9 Å². The molecule has 0 unspecified atom stereocenters. The molecule has 26 heavy (non-hydrogen) atoms. The fraction of sp³-hybridized carbons (Fsp3) is 0.444. The third kappa shape index (κ3) is 5.11. The number of aliphatic carboxylic acids is 1. The van der Waals surface area contributed by atoms with Gasteiger partial charge in [0.1, 0.15) is 5.82 Å². The Kier molecular flexibility index (Phi) is 6.07. The quantitative estimate of drug-likeness (QED) is 0.747. The molecule has 2 rings (SSSR count). The maximum atomic E-state index is 13.3. The lowest BCUT2D eigenvalue weighted by Gasteiger charge is -2.18. The van der Waals surface area contributed by atoms with Gasteiger partial charge in [-0.2, -0.15) is 4.98 Å². The second-order valence-corrected chi connectivity index (χ2v) is 6.76. The number of rotatable bonds is 8. The van der Waals surface area contributed by atoms with Crippen molar-refractivity contribution in [1.29, 1.82) is 0 Å². The molecule has 0 saturated carbocycles. The van der Waals surface area contributed by atoms with Crippen LogP contribution >= 0.6 is 0 Å². The predicted molar refractivity (Wildman–Crippen MR) is 91.8 cm³/mol. The maximum Gasteiger partial charge on any atom is 0.309 e. The first-order valence-corrected chi connectivity index (χ1v) is 8.28. The number of carbonyl (C=O) groups excluding carboxylic acids is 1. The Morgan fingerprint density at radius 1 is 1.35 bits per heavy atom. The van der Waals surface area contributed by atoms with Crippen molar-refractivity contribution in [3.63, 3.8) is 0 Å². The minimum atomic E-state index is -0.902. The summed E-state index contributed by atoms with van der Waals surface area (Å²) in [5.41, 5.74) is 0.235. The van der Waals surface area contributed by atoms with E-state index in [2.05, 4.69) is 15.5 Å². The number of hydrogen-bond acceptors (Lipinski definition) is 5. The van der Waals surface area contributed by atoms with E-state index < -0.39 is 11.4 Å². The molecule has 0 radical (unpaired) electrons. The summed E-state index contributed by atoms with van der Waals surface area (Å²) in [4.78, 5) is 27.1. The first-order chi connectivity index (χ1) is 12.2. The Labute approximate surface area is 150 Å². The third-order valence-electron chi connectivity index (χ3n) is 4.10. The van der Waals surface area contributed by atoms with Gasteiger partial charge in [-0.1, -0.05) is 5.16 Å². The molecular weight excluding hydrogens is 341 g/mol. The van der Waals surface area contributed by atoms with Crippen LogP contribution in [-0.2, 0) is 16.0 Å². The molecule has 7 nitrogen and oxygen atoms in total. The van der Waals surface area contributed by atoms with Gasteiger partial charge in [0, 0.05) is 24.9 Å². The molecule has 0 atom stereocenters. The molecule has 8 heteroatoms. The zero-order chi connectivity index (χ0) is 19.3. The number of halogens is 1. The van der Waals surface area contributed by atoms with Crippen LogP contribution in [0.15, 0.2) is 22.7 Å². The van der Waals surface area contributed by atoms with Crippen molar-refractivity contribution >= 4 is 11.9 Å². The standard InChI is InChI=1S/C18H22FN3O4/c1-11-10-12(4-5-13(11)19)16-21-15(26-22-16)7-6-14(23)20-9-8-18(2,3)17(24)25/h4-5,10H,6-9H2,1-3H3,(H,20,23)(H,24,25). The highest BCUT2D eigenvalue weighted by Gasteiger charge is 2.26. The number of aryl methyl sites for hydroxylation is 2. The molecule has 0 saturated heterocycles. The molecule has 0 aliphatic heterocycles. The molecule has 0 fully saturated rings. The van der Waals surface area contributed by atoms with Gasteiger partial charge < -0.3 is 14.9 Å². The fourth-order valence-corrected chi connectivity index (χ4v) is 2.19. The number of carboxylic acid groups (broad SMARTS) is 1. The van der Waals surface area contributed by atoms with E-state index in [1.807, 2.05) is 0 Å². The van der Waals surface area contributed by atoms with Gasteiger partial charge in [-0.25, -0.2) is 4.39 Å². The summed E-state index contributed by atoms with van der Waals surface area (Å²) in [6.07, 6.45) is 0.752. The summed E-state index contributed by atoms with van der Waals surface area (Å²) in [5, 5.41) is 15.6. The molecule has 0 aliphatic carbocycles. The molecule has 1 amide bonds. The normalized spacial score (nSPS) is 11.4. The van der Waals surface area contributed by atoms with Crippen molar-refractivity contribution in [2.75, 3.05) is 6.54 Å². The van der Waals surface area contributed by atoms with Crippen LogP contribution in [0.4, 0.5) is 4.39 Å². The van der Waals surface area contributed by atoms with Crippen molar-refractivity contribution in [2.24, 2.45) is 5.41 Å². The van der Waals surface area contributed by atoms with Gasteiger partial charge in [0.2, 0.25) is 17.6 Å². The summed E-state index contributed by atoms with van der Waals surface area (Å²) in [7, 11) is 0. The van der Waals surface area contributed by atoms with Crippen LogP contribution < -0.4 is 5.32 Å². The number of amides is 1. The Morgan fingerprint density at radius 3 is 2.73 bits per heavy atom. The highest BCUT2D eigenvalue weighted by atomic mass is 19.1. The summed E-state index contributed by atoms with van der Waals surface area (Å²) in [5.74, 6) is -0.778. The number of carboxylic acids is 1. The number of hydrogen-bond donors (Lipinski definition) is 2. The zero-order valence-corrected chi connectivity index (χ0v) is 15.0. The van der Waals surface area contributed by atoms with Crippen LogP contribution in [0.25, 0.3) is 11.4 Å². The lowest BCUT2D eigenvalue weighted by Crippen LogP contribution is -2.32. The smallest absolute Gasteiger partial charge is 0.309 e. The SMILES string of the molecule is Cc1cc(-c2noc(CCC(=O)NCCC(C)(C)C(=O)O)n2)ccc1F. The third-order valence-corrected chi connectivity index (χ3v) is 4.10. The van der Waals surface area contributed by atoms with Crippen LogP contribution in [-0.4, -0.2) is 33.7 Å². The second kappa shape index (κ2) is 8.07. The monoisotopic (exact) mass is 363 g/mol. The topological polar surface area (TPSA) is 105 Å². The van der Waals surface area contributed by atoms with Gasteiger partial charge in [0.05, 0.1) is 5.41 Å². The Morgan fingerprint density at radius 2 is 2.08 bits per heavy atom. The number of nitrogens with one attached hydrogen (secondary N) is 1. The first kappa shape index (κ1) is 19.6. The lowest BCUT2D eigenvalue weighted by molar-refractivity contribution is -0.147. The minimum Gasteiger partial charge on any atom is -0.481 e. The number of benzene rings is 1. The molecule has 140 valence electrons. The van der Waals surface area contributed by atoms with Crippen LogP contribution in [0.2, 0.25) is 0 Å². The lowest BCUT2D eigenvalue weighted by atomic mass is 9.90. The molecular formula is C18H22FN3O4. The van der Waals surface area contributed by atoms with Gasteiger partial charge in [-0.05, 0) is 51.0 Å². The molecule has 1 aromatic heterocycles. The van der Waals surface area contributed by atoms with Crippen LogP contribution in [0.1, 0.15) is 38.1 Å². The number of aromatic nitrogens is 2. The van der Waals surface area contributed by atoms with Crippen molar-refractivity contribution in [3.05, 3.63) is 35.5 Å². The van der Waals surface area contributed by atoms with Crippen LogP contribution in [0, 0.1) is 18.2 Å². The number of nitrogens with zero attached hydrogens (tertiary/aromatic N) is 2. The van der Waals surface area contributed by atoms with Crippen molar-refractivity contribution in [1.82, 2.24) is 15.5 Å². The second-order valence-electron chi connectivity index (χ2n) is 6.76. The van der Waals surface area contributed by atoms with Crippen LogP contribution in [0.3, 0.4) is 0 Å². The molecule has 1 heterocycles. The van der Waals surface area contributed by atoms with E-state index in [9.17, 15) is 14.0 Å². The van der Waals surface area contributed by atoms with Crippen molar-refractivity contribution in [2.45, 2.75) is 40.0 Å². The average Bonchev–Trinajstić information content (AvgIpc) is 3.04. The maximum absolute atomic E-state index is 13.3. The van der Waals surface area contributed by atoms with E-state index in [0.717, 1.165) is 0 Å². The first-order valence-electron chi connectivity index (χ1n) is 8.28.